The van der Waals surface area contributed by atoms with E-state index in [1.165, 1.54) is 0 Å². The molecule has 0 atom stereocenters. The molecule has 0 saturated carbocycles. The van der Waals surface area contributed by atoms with Crippen molar-refractivity contribution in [3.8, 4) is 0 Å². The van der Waals surface area contributed by atoms with E-state index in [1.807, 2.05) is 0 Å². The van der Waals surface area contributed by atoms with E-state index in [-0.39, 0.29) is 6.15 Å². The van der Waals surface area contributed by atoms with Crippen LogP contribution in [-0.2, 0) is 13.6 Å². The average Bonchev–Trinajstić information content (AvgIpc) is 0.688. The second-order valence-corrected chi connectivity index (χ2v) is 19.3. The molecule has 0 spiro atoms. The number of halogens is 58. The largest absolute Gasteiger partial charge is 0.472 e. The maximum Gasteiger partial charge on any atom is 0.472 e. The molecule has 0 radical (unpaired) electrons. The summed E-state index contributed by atoms with van der Waals surface area (Å²) in [5, 5.41) is 0. The minimum Gasteiger partial charge on any atom is -0.344 e. The number of alkyl halides is 58. The lowest BCUT2D eigenvalue weighted by Gasteiger charge is -2.46. The fourth-order valence-corrected chi connectivity index (χ4v) is 6.41. The molecular weight excluding hydrogens is 1600 g/mol. The predicted molar refractivity (Wildman–Crippen MR) is 177 cm³/mol. The average molecular weight is 1610 g/mol. The van der Waals surface area contributed by atoms with Crippen LogP contribution in [0.3, 0.4) is 0 Å². The van der Waals surface area contributed by atoms with Crippen LogP contribution in [0, 0.1) is 0 Å². The summed E-state index contributed by atoms with van der Waals surface area (Å²) < 4.78 is 812. The number of rotatable bonds is 32. The molecule has 0 bridgehead atoms. The minimum atomic E-state index is -10.4. The fourth-order valence-electron chi connectivity index (χ4n) is 5.69. The van der Waals surface area contributed by atoms with Crippen molar-refractivity contribution >= 4 is 7.82 Å². The van der Waals surface area contributed by atoms with E-state index >= 15 is 0 Å². The van der Waals surface area contributed by atoms with Gasteiger partial charge in [0.1, 0.15) is 0 Å². The number of phosphoric ester groups is 1. The fraction of sp³-hybridized carbons (Fsp3) is 1.00. The summed E-state index contributed by atoms with van der Waals surface area (Å²) in [6, 6.07) is 0. The van der Waals surface area contributed by atoms with Crippen LogP contribution in [0.15, 0.2) is 0 Å². The highest BCUT2D eigenvalue weighted by Gasteiger charge is 3.03. The second-order valence-electron chi connectivity index (χ2n) is 17.8. The van der Waals surface area contributed by atoms with E-state index < -0.39 is 200 Å². The standard InChI is InChI=1S/C32H9F58O4P.H3N/c33-5(34,7(37,38)9(41,42)11(45,46)13(49,50)15(53,54)17(57,58)19(61,62)21(65,66)23(69,70)25(73,74)27(77,78)29(81,82)31(85,86)87)1-3-93-95(91,92)94-4-2-6(35,36)8(39,40)10(43,44)12(47,48)14(51,52)16(55,56)18(59,60)20(63,64)22(67,68)24(71,72)26(75,76)28(79,80)30(83,84)32(88,89)90;/h1-4H2,(H,91,92);1H3. The molecule has 0 aliphatic carbocycles. The molecule has 4 N–H and O–H groups in total. The Hall–Kier alpha value is -3.99. The zero-order valence-electron chi connectivity index (χ0n) is 41.6. The summed E-state index contributed by atoms with van der Waals surface area (Å²) in [4.78, 5) is 9.05. The SMILES string of the molecule is N.O=P(O)(OCCC(F)(F)C(F)(F)C(F)(F)C(F)(F)C(F)(F)C(F)(F)C(F)(F)C(F)(F)C(F)(F)C(F)(F)C(F)(F)C(F)(F)C(F)(F)C(F)(F)F)OCCC(F)(F)C(F)(F)C(F)(F)C(F)(F)C(F)(F)C(F)(F)C(F)(F)C(F)(F)C(F)(F)C(F)(F)C(F)(F)C(F)(F)C(F)(F)C(F)(F)F. The van der Waals surface area contributed by atoms with Gasteiger partial charge in [-0.05, 0) is 0 Å². The molecule has 0 aliphatic rings. The van der Waals surface area contributed by atoms with Crippen LogP contribution in [-0.4, -0.2) is 184 Å². The van der Waals surface area contributed by atoms with E-state index in [4.69, 9.17) is 4.89 Å². The van der Waals surface area contributed by atoms with Crippen molar-refractivity contribution in [1.82, 2.24) is 6.15 Å². The molecule has 0 fully saturated rings. The molecule has 580 valence electrons. The van der Waals surface area contributed by atoms with Crippen molar-refractivity contribution in [1.29, 1.82) is 0 Å². The second kappa shape index (κ2) is 23.8. The van der Waals surface area contributed by atoms with Crippen LogP contribution in [0.2, 0.25) is 0 Å². The van der Waals surface area contributed by atoms with Gasteiger partial charge in [0.25, 0.3) is 0 Å². The van der Waals surface area contributed by atoms with Gasteiger partial charge in [-0.2, -0.15) is 255 Å². The molecule has 5 nitrogen and oxygen atoms in total. The van der Waals surface area contributed by atoms with Crippen molar-refractivity contribution in [3.63, 3.8) is 0 Å². The summed E-state index contributed by atoms with van der Waals surface area (Å²) in [5.41, 5.74) is 0. The molecule has 96 heavy (non-hydrogen) atoms. The van der Waals surface area contributed by atoms with Gasteiger partial charge < -0.3 is 11.0 Å². The molecule has 0 rings (SSSR count). The molecule has 64 heteroatoms. The first-order valence-corrected chi connectivity index (χ1v) is 22.0. The van der Waals surface area contributed by atoms with Gasteiger partial charge in [0.05, 0.1) is 13.2 Å². The van der Waals surface area contributed by atoms with Crippen molar-refractivity contribution in [3.05, 3.63) is 0 Å². The summed E-state index contributed by atoms with van der Waals surface area (Å²) in [6.45, 7) is -7.35. The van der Waals surface area contributed by atoms with Crippen molar-refractivity contribution < 1.29 is 273 Å². The molecule has 0 heterocycles. The molecule has 0 aromatic rings. The third-order valence-electron chi connectivity index (χ3n) is 11.6. The predicted octanol–water partition coefficient (Wildman–Crippen LogP) is 19.7. The lowest BCUT2D eigenvalue weighted by atomic mass is 9.83. The van der Waals surface area contributed by atoms with Crippen LogP contribution < -0.4 is 6.15 Å². The normalized spacial score (nSPS) is 17.1. The van der Waals surface area contributed by atoms with Crippen LogP contribution in [0.25, 0.3) is 0 Å². The van der Waals surface area contributed by atoms with Gasteiger partial charge >= 0.3 is 174 Å². The molecule has 0 aromatic carbocycles. The summed E-state index contributed by atoms with van der Waals surface area (Å²) in [5.74, 6) is -255. The number of phosphoric acid groups is 1. The van der Waals surface area contributed by atoms with Crippen LogP contribution in [0.1, 0.15) is 12.8 Å². The molecule has 0 aromatic heterocycles. The topological polar surface area (TPSA) is 90.8 Å². The van der Waals surface area contributed by atoms with E-state index in [1.54, 1.807) is 0 Å². The first-order valence-electron chi connectivity index (χ1n) is 20.5. The van der Waals surface area contributed by atoms with Crippen LogP contribution in [0.4, 0.5) is 255 Å². The Bertz CT molecular complexity index is 2580. The molecule has 0 amide bonds. The minimum absolute atomic E-state index is 0. The number of hydrogen-bond acceptors (Lipinski definition) is 4. The molecule has 0 unspecified atom stereocenters. The summed E-state index contributed by atoms with van der Waals surface area (Å²) in [6.07, 6.45) is -25.8. The van der Waals surface area contributed by atoms with Crippen molar-refractivity contribution in [2.75, 3.05) is 13.2 Å². The quantitative estimate of drug-likeness (QED) is 0.0517. The molecular formula is C32H12F58NO4P. The van der Waals surface area contributed by atoms with Gasteiger partial charge in [-0.25, -0.2) is 4.57 Å². The van der Waals surface area contributed by atoms with Gasteiger partial charge in [0.2, 0.25) is 0 Å². The van der Waals surface area contributed by atoms with Crippen LogP contribution in [0.5, 0.6) is 0 Å². The lowest BCUT2D eigenvalue weighted by molar-refractivity contribution is -0.487. The van der Waals surface area contributed by atoms with Gasteiger partial charge in [-0.15, -0.1) is 0 Å². The zero-order chi connectivity index (χ0) is 78.7. The summed E-state index contributed by atoms with van der Waals surface area (Å²) in [7, 11) is -7.56. The van der Waals surface area contributed by atoms with Gasteiger partial charge in [-0.1, -0.05) is 0 Å². The lowest BCUT2D eigenvalue weighted by Crippen LogP contribution is -2.79. The molecule has 0 aliphatic heterocycles. The van der Waals surface area contributed by atoms with Crippen LogP contribution >= 0.6 is 7.82 Å². The van der Waals surface area contributed by atoms with E-state index in [2.05, 4.69) is 9.05 Å². The highest BCUT2D eigenvalue weighted by molar-refractivity contribution is 7.47. The molecule has 0 saturated heterocycles. The Labute approximate surface area is 480 Å². The highest BCUT2D eigenvalue weighted by atomic mass is 31.2. The van der Waals surface area contributed by atoms with Gasteiger partial charge in [0, 0.05) is 12.8 Å². The Kier molecular flexibility index (Phi) is 23.3. The Morgan fingerprint density at radius 2 is 0.281 bits per heavy atom. The maximum absolute atomic E-state index is 14.2. The third-order valence-corrected chi connectivity index (χ3v) is 12.7. The highest BCUT2D eigenvalue weighted by Crippen LogP contribution is 2.72. The Morgan fingerprint density at radius 3 is 0.385 bits per heavy atom. The Balaban J connectivity index is 0. The van der Waals surface area contributed by atoms with Crippen molar-refractivity contribution in [2.45, 2.75) is 179 Å². The van der Waals surface area contributed by atoms with Crippen molar-refractivity contribution in [2.24, 2.45) is 0 Å². The first kappa shape index (κ1) is 94.1. The van der Waals surface area contributed by atoms with E-state index in [0.29, 0.717) is 0 Å². The maximum atomic E-state index is 14.2. The zero-order valence-corrected chi connectivity index (χ0v) is 42.5. The summed E-state index contributed by atoms with van der Waals surface area (Å²) >= 11 is 0. The van der Waals surface area contributed by atoms with E-state index in [9.17, 15) is 259 Å². The van der Waals surface area contributed by atoms with Gasteiger partial charge in [0.15, 0.2) is 0 Å². The smallest absolute Gasteiger partial charge is 0.344 e. The van der Waals surface area contributed by atoms with E-state index in [0.717, 1.165) is 0 Å². The monoisotopic (exact) mass is 1610 g/mol. The van der Waals surface area contributed by atoms with Gasteiger partial charge in [-0.3, -0.25) is 9.05 Å². The number of hydrogen-bond donors (Lipinski definition) is 2. The first-order chi connectivity index (χ1) is 39.9. The Morgan fingerprint density at radius 1 is 0.188 bits per heavy atom. The third kappa shape index (κ3) is 11.8.